The van der Waals surface area contributed by atoms with Crippen molar-refractivity contribution in [3.05, 3.63) is 95.6 Å². The number of hydrogen-bond acceptors (Lipinski definition) is 4. The van der Waals surface area contributed by atoms with Crippen molar-refractivity contribution in [1.29, 1.82) is 0 Å². The molecule has 0 aliphatic rings. The maximum Gasteiger partial charge on any atom is 0.123 e. The van der Waals surface area contributed by atoms with Gasteiger partial charge in [0.1, 0.15) is 24.7 Å². The van der Waals surface area contributed by atoms with E-state index in [0.29, 0.717) is 30.3 Å². The predicted octanol–water partition coefficient (Wildman–Crippen LogP) is 3.84. The van der Waals surface area contributed by atoms with Gasteiger partial charge in [-0.25, -0.2) is 0 Å². The molecule has 26 heavy (non-hydrogen) atoms. The van der Waals surface area contributed by atoms with Crippen molar-refractivity contribution in [2.45, 2.75) is 19.3 Å². The van der Waals surface area contributed by atoms with E-state index in [2.05, 4.69) is 0 Å². The molecule has 134 valence electrons. The molecule has 3 rings (SSSR count). The third-order valence-electron chi connectivity index (χ3n) is 4.01. The number of aliphatic hydroxyl groups is 1. The van der Waals surface area contributed by atoms with Gasteiger partial charge in [-0.3, -0.25) is 0 Å². The van der Waals surface area contributed by atoms with E-state index in [0.717, 1.165) is 11.1 Å². The molecule has 0 unspecified atom stereocenters. The van der Waals surface area contributed by atoms with Crippen LogP contribution in [0.5, 0.6) is 11.5 Å². The van der Waals surface area contributed by atoms with Crippen molar-refractivity contribution in [3.63, 3.8) is 0 Å². The Morgan fingerprint density at radius 2 is 1.19 bits per heavy atom. The SMILES string of the molecule is NC[C@H](O)c1cc(OCc2ccccc2)cc(OCc2ccccc2)c1. The molecular formula is C22H23NO3. The molecule has 0 bridgehead atoms. The van der Waals surface area contributed by atoms with Crippen LogP contribution in [0, 0.1) is 0 Å². The van der Waals surface area contributed by atoms with Crippen molar-refractivity contribution in [3.8, 4) is 11.5 Å². The zero-order valence-corrected chi connectivity index (χ0v) is 14.5. The van der Waals surface area contributed by atoms with Crippen LogP contribution < -0.4 is 15.2 Å². The number of benzene rings is 3. The molecule has 0 radical (unpaired) electrons. The van der Waals surface area contributed by atoms with Gasteiger partial charge in [0.15, 0.2) is 0 Å². The highest BCUT2D eigenvalue weighted by atomic mass is 16.5. The smallest absolute Gasteiger partial charge is 0.123 e. The van der Waals surface area contributed by atoms with Gasteiger partial charge in [0.2, 0.25) is 0 Å². The van der Waals surface area contributed by atoms with E-state index in [-0.39, 0.29) is 6.54 Å². The topological polar surface area (TPSA) is 64.7 Å². The van der Waals surface area contributed by atoms with E-state index in [4.69, 9.17) is 15.2 Å². The number of rotatable bonds is 8. The highest BCUT2D eigenvalue weighted by molar-refractivity contribution is 5.40. The molecule has 0 amide bonds. The molecule has 4 nitrogen and oxygen atoms in total. The third kappa shape index (κ3) is 5.09. The second-order valence-corrected chi connectivity index (χ2v) is 6.04. The van der Waals surface area contributed by atoms with Gasteiger partial charge in [0.05, 0.1) is 6.10 Å². The first-order chi connectivity index (χ1) is 12.7. The summed E-state index contributed by atoms with van der Waals surface area (Å²) in [5, 5.41) is 10.1. The molecule has 0 heterocycles. The molecule has 0 aromatic heterocycles. The number of nitrogens with two attached hydrogens (primary N) is 1. The molecular weight excluding hydrogens is 326 g/mol. The first-order valence-corrected chi connectivity index (χ1v) is 8.61. The van der Waals surface area contributed by atoms with Gasteiger partial charge >= 0.3 is 0 Å². The summed E-state index contributed by atoms with van der Waals surface area (Å²) in [5.41, 5.74) is 8.43. The summed E-state index contributed by atoms with van der Waals surface area (Å²) in [7, 11) is 0. The minimum atomic E-state index is -0.755. The normalized spacial score (nSPS) is 11.8. The predicted molar refractivity (Wildman–Crippen MR) is 102 cm³/mol. The lowest BCUT2D eigenvalue weighted by molar-refractivity contribution is 0.185. The standard InChI is InChI=1S/C22H23NO3/c23-14-22(24)19-11-20(25-15-17-7-3-1-4-8-17)13-21(12-19)26-16-18-9-5-2-6-10-18/h1-13,22,24H,14-16,23H2/t22-/m0/s1. The Bertz CT molecular complexity index is 744. The zero-order chi connectivity index (χ0) is 18.2. The van der Waals surface area contributed by atoms with Crippen LogP contribution in [-0.4, -0.2) is 11.7 Å². The van der Waals surface area contributed by atoms with Crippen LogP contribution in [-0.2, 0) is 13.2 Å². The van der Waals surface area contributed by atoms with E-state index in [1.54, 1.807) is 12.1 Å². The molecule has 0 saturated heterocycles. The Morgan fingerprint density at radius 3 is 1.62 bits per heavy atom. The minimum absolute atomic E-state index is 0.139. The Labute approximate surface area is 153 Å². The highest BCUT2D eigenvalue weighted by Crippen LogP contribution is 2.28. The zero-order valence-electron chi connectivity index (χ0n) is 14.5. The fraction of sp³-hybridized carbons (Fsp3) is 0.182. The first kappa shape index (κ1) is 18.0. The van der Waals surface area contributed by atoms with Gasteiger partial charge in [-0.2, -0.15) is 0 Å². The quantitative estimate of drug-likeness (QED) is 0.648. The highest BCUT2D eigenvalue weighted by Gasteiger charge is 2.10. The van der Waals surface area contributed by atoms with Gasteiger partial charge in [-0.15, -0.1) is 0 Å². The lowest BCUT2D eigenvalue weighted by Crippen LogP contribution is -2.12. The van der Waals surface area contributed by atoms with E-state index in [1.165, 1.54) is 0 Å². The van der Waals surface area contributed by atoms with E-state index in [9.17, 15) is 5.11 Å². The van der Waals surface area contributed by atoms with Crippen molar-refractivity contribution < 1.29 is 14.6 Å². The Hall–Kier alpha value is -2.82. The third-order valence-corrected chi connectivity index (χ3v) is 4.01. The molecule has 0 spiro atoms. The average Bonchev–Trinajstić information content (AvgIpc) is 2.71. The maximum atomic E-state index is 10.1. The average molecular weight is 349 g/mol. The summed E-state index contributed by atoms with van der Waals surface area (Å²) >= 11 is 0. The van der Waals surface area contributed by atoms with E-state index >= 15 is 0 Å². The number of hydrogen-bond donors (Lipinski definition) is 2. The fourth-order valence-corrected chi connectivity index (χ4v) is 2.57. The monoisotopic (exact) mass is 349 g/mol. The van der Waals surface area contributed by atoms with Crippen LogP contribution in [0.3, 0.4) is 0 Å². The van der Waals surface area contributed by atoms with E-state index < -0.39 is 6.10 Å². The number of ether oxygens (including phenoxy) is 2. The van der Waals surface area contributed by atoms with Crippen molar-refractivity contribution in [1.82, 2.24) is 0 Å². The van der Waals surface area contributed by atoms with Crippen LogP contribution in [0.1, 0.15) is 22.8 Å². The van der Waals surface area contributed by atoms with Gasteiger partial charge in [0.25, 0.3) is 0 Å². The van der Waals surface area contributed by atoms with Crippen molar-refractivity contribution >= 4 is 0 Å². The second kappa shape index (κ2) is 9.04. The lowest BCUT2D eigenvalue weighted by atomic mass is 10.1. The molecule has 3 N–H and O–H groups in total. The van der Waals surface area contributed by atoms with Gasteiger partial charge < -0.3 is 20.3 Å². The molecule has 0 saturated carbocycles. The summed E-state index contributed by atoms with van der Waals surface area (Å²) in [6.07, 6.45) is -0.755. The van der Waals surface area contributed by atoms with Crippen LogP contribution in [0.25, 0.3) is 0 Å². The molecule has 4 heteroatoms. The van der Waals surface area contributed by atoms with Crippen LogP contribution in [0.15, 0.2) is 78.9 Å². The summed E-state index contributed by atoms with van der Waals surface area (Å²) in [6.45, 7) is 1.03. The van der Waals surface area contributed by atoms with Gasteiger partial charge in [-0.1, -0.05) is 60.7 Å². The van der Waals surface area contributed by atoms with Crippen LogP contribution in [0.4, 0.5) is 0 Å². The summed E-state index contributed by atoms with van der Waals surface area (Å²) in [6, 6.07) is 25.3. The number of aliphatic hydroxyl groups excluding tert-OH is 1. The van der Waals surface area contributed by atoms with Crippen molar-refractivity contribution in [2.24, 2.45) is 5.73 Å². The minimum Gasteiger partial charge on any atom is -0.489 e. The first-order valence-electron chi connectivity index (χ1n) is 8.61. The molecule has 0 aliphatic heterocycles. The van der Waals surface area contributed by atoms with Gasteiger partial charge in [-0.05, 0) is 28.8 Å². The molecule has 0 fully saturated rings. The second-order valence-electron chi connectivity index (χ2n) is 6.04. The maximum absolute atomic E-state index is 10.1. The van der Waals surface area contributed by atoms with E-state index in [1.807, 2.05) is 66.7 Å². The van der Waals surface area contributed by atoms with Crippen molar-refractivity contribution in [2.75, 3.05) is 6.54 Å². The summed E-state index contributed by atoms with van der Waals surface area (Å²) in [5.74, 6) is 1.28. The summed E-state index contributed by atoms with van der Waals surface area (Å²) < 4.78 is 11.8. The summed E-state index contributed by atoms with van der Waals surface area (Å²) in [4.78, 5) is 0. The van der Waals surface area contributed by atoms with Crippen LogP contribution >= 0.6 is 0 Å². The Balaban J connectivity index is 1.74. The largest absolute Gasteiger partial charge is 0.489 e. The molecule has 1 atom stereocenters. The fourth-order valence-electron chi connectivity index (χ4n) is 2.57. The Morgan fingerprint density at radius 1 is 0.731 bits per heavy atom. The molecule has 3 aromatic rings. The molecule has 3 aromatic carbocycles. The van der Waals surface area contributed by atoms with Crippen LogP contribution in [0.2, 0.25) is 0 Å². The lowest BCUT2D eigenvalue weighted by Gasteiger charge is -2.15. The van der Waals surface area contributed by atoms with Gasteiger partial charge in [0, 0.05) is 12.6 Å². The molecule has 0 aliphatic carbocycles. The Kier molecular flexibility index (Phi) is 6.25.